The van der Waals surface area contributed by atoms with Gasteiger partial charge in [0.05, 0.1) is 6.04 Å². The van der Waals surface area contributed by atoms with Gasteiger partial charge in [-0.15, -0.1) is 0 Å². The highest BCUT2D eigenvalue weighted by Gasteiger charge is 2.32. The summed E-state index contributed by atoms with van der Waals surface area (Å²) in [5, 5.41) is 2.85. The number of ether oxygens (including phenoxy) is 1. The van der Waals surface area contributed by atoms with E-state index in [1.807, 2.05) is 56.0 Å². The van der Waals surface area contributed by atoms with E-state index in [-0.39, 0.29) is 30.2 Å². The highest BCUT2D eigenvalue weighted by molar-refractivity contribution is 5.81. The fourth-order valence-corrected chi connectivity index (χ4v) is 4.77. The largest absolute Gasteiger partial charge is 0.481 e. The molecule has 0 radical (unpaired) electrons. The molecule has 4 rings (SSSR count). The average Bonchev–Trinajstić information content (AvgIpc) is 2.89. The number of hydrogen-bond acceptors (Lipinski definition) is 3. The molecule has 36 heavy (non-hydrogen) atoms. The third kappa shape index (κ3) is 5.76. The molecule has 2 atom stereocenters. The van der Waals surface area contributed by atoms with Crippen LogP contribution in [-0.2, 0) is 22.6 Å². The molecule has 1 N–H and O–H groups in total. The van der Waals surface area contributed by atoms with Crippen molar-refractivity contribution in [3.63, 3.8) is 0 Å². The Labute approximate surface area is 212 Å². The van der Waals surface area contributed by atoms with Crippen molar-refractivity contribution >= 4 is 11.8 Å². The third-order valence-electron chi connectivity index (χ3n) is 6.62. The smallest absolute Gasteiger partial charge is 0.261 e. The van der Waals surface area contributed by atoms with Gasteiger partial charge in [-0.1, -0.05) is 61.9 Å². The minimum Gasteiger partial charge on any atom is -0.481 e. The first-order valence-electron chi connectivity index (χ1n) is 12.6. The lowest BCUT2D eigenvalue weighted by molar-refractivity contribution is -0.133. The standard InChI is InChI=1S/C30H33FN2O3/c1-4-27(30(35)32-19-21-9-7-11-24(31)17-21)36-25-13-12-22-14-15-33(28(34)5-2)29(26(22)18-25)23-10-6-8-20(3)16-23/h6-13,16-18,27,29H,4-5,14-15,19H2,1-3H3,(H,32,35)/t27-,29-/m1/s1. The molecule has 188 valence electrons. The maximum Gasteiger partial charge on any atom is 0.261 e. The second-order valence-corrected chi connectivity index (χ2v) is 9.23. The Balaban J connectivity index is 1.57. The maximum atomic E-state index is 13.5. The van der Waals surface area contributed by atoms with Crippen LogP contribution in [0.2, 0.25) is 0 Å². The van der Waals surface area contributed by atoms with Crippen LogP contribution in [0.15, 0.2) is 66.7 Å². The van der Waals surface area contributed by atoms with Gasteiger partial charge in [0.2, 0.25) is 5.91 Å². The second-order valence-electron chi connectivity index (χ2n) is 9.23. The second kappa shape index (κ2) is 11.4. The summed E-state index contributed by atoms with van der Waals surface area (Å²) in [5.74, 6) is 0.113. The van der Waals surface area contributed by atoms with Crippen molar-refractivity contribution in [3.05, 3.63) is 100 Å². The molecular weight excluding hydrogens is 455 g/mol. The molecule has 0 fully saturated rings. The van der Waals surface area contributed by atoms with E-state index in [4.69, 9.17) is 4.74 Å². The summed E-state index contributed by atoms with van der Waals surface area (Å²) in [7, 11) is 0. The summed E-state index contributed by atoms with van der Waals surface area (Å²) in [6.07, 6.45) is 1.01. The number of benzene rings is 3. The monoisotopic (exact) mass is 488 g/mol. The van der Waals surface area contributed by atoms with Gasteiger partial charge < -0.3 is 15.0 Å². The van der Waals surface area contributed by atoms with Crippen molar-refractivity contribution in [2.45, 2.75) is 58.7 Å². The van der Waals surface area contributed by atoms with Gasteiger partial charge >= 0.3 is 0 Å². The van der Waals surface area contributed by atoms with Gasteiger partial charge in [-0.25, -0.2) is 4.39 Å². The maximum absolute atomic E-state index is 13.5. The summed E-state index contributed by atoms with van der Waals surface area (Å²) >= 11 is 0. The van der Waals surface area contributed by atoms with Gasteiger partial charge in [0, 0.05) is 19.5 Å². The zero-order valence-electron chi connectivity index (χ0n) is 21.1. The minimum absolute atomic E-state index is 0.113. The summed E-state index contributed by atoms with van der Waals surface area (Å²) < 4.78 is 19.6. The summed E-state index contributed by atoms with van der Waals surface area (Å²) in [6.45, 7) is 6.72. The van der Waals surface area contributed by atoms with E-state index in [1.165, 1.54) is 17.7 Å². The number of nitrogens with zero attached hydrogens (tertiary/aromatic N) is 1. The van der Waals surface area contributed by atoms with Crippen LogP contribution in [0, 0.1) is 12.7 Å². The molecule has 3 aromatic rings. The van der Waals surface area contributed by atoms with E-state index < -0.39 is 6.10 Å². The molecule has 0 spiro atoms. The molecule has 0 unspecified atom stereocenters. The van der Waals surface area contributed by atoms with Crippen LogP contribution >= 0.6 is 0 Å². The molecular formula is C30H33FN2O3. The molecule has 3 aromatic carbocycles. The quantitative estimate of drug-likeness (QED) is 0.456. The molecule has 1 aliphatic heterocycles. The van der Waals surface area contributed by atoms with Crippen LogP contribution in [-0.4, -0.2) is 29.4 Å². The highest BCUT2D eigenvalue weighted by atomic mass is 19.1. The highest BCUT2D eigenvalue weighted by Crippen LogP contribution is 2.38. The minimum atomic E-state index is -0.689. The van der Waals surface area contributed by atoms with Crippen molar-refractivity contribution in [2.24, 2.45) is 0 Å². The number of fused-ring (bicyclic) bond motifs is 1. The van der Waals surface area contributed by atoms with E-state index in [1.54, 1.807) is 12.1 Å². The summed E-state index contributed by atoms with van der Waals surface area (Å²) in [5.41, 5.74) is 5.10. The van der Waals surface area contributed by atoms with Gasteiger partial charge in [0.1, 0.15) is 11.6 Å². The third-order valence-corrected chi connectivity index (χ3v) is 6.62. The fourth-order valence-electron chi connectivity index (χ4n) is 4.77. The topological polar surface area (TPSA) is 58.6 Å². The number of hydrogen-bond donors (Lipinski definition) is 1. The lowest BCUT2D eigenvalue weighted by Crippen LogP contribution is -2.40. The molecule has 2 amide bonds. The van der Waals surface area contributed by atoms with Crippen LogP contribution in [0.1, 0.15) is 60.5 Å². The molecule has 0 aliphatic carbocycles. The van der Waals surface area contributed by atoms with Gasteiger partial charge in [-0.2, -0.15) is 0 Å². The van der Waals surface area contributed by atoms with Crippen LogP contribution in [0.25, 0.3) is 0 Å². The SMILES string of the molecule is CCC(=O)N1CCc2ccc(O[C@H](CC)C(=O)NCc3cccc(F)c3)cc2[C@H]1c1cccc(C)c1. The van der Waals surface area contributed by atoms with E-state index in [9.17, 15) is 14.0 Å². The van der Waals surface area contributed by atoms with Gasteiger partial charge in [-0.05, 0) is 66.3 Å². The van der Waals surface area contributed by atoms with Crippen molar-refractivity contribution < 1.29 is 18.7 Å². The molecule has 0 saturated heterocycles. The van der Waals surface area contributed by atoms with E-state index in [2.05, 4.69) is 17.4 Å². The number of carbonyl (C=O) groups excluding carboxylic acids is 2. The number of rotatable bonds is 8. The van der Waals surface area contributed by atoms with Crippen LogP contribution in [0.4, 0.5) is 4.39 Å². The number of nitrogens with one attached hydrogen (secondary N) is 1. The van der Waals surface area contributed by atoms with Crippen LogP contribution < -0.4 is 10.1 Å². The Bertz CT molecular complexity index is 1240. The lowest BCUT2D eigenvalue weighted by Gasteiger charge is -2.38. The fraction of sp³-hybridized carbons (Fsp3) is 0.333. The molecule has 1 heterocycles. The zero-order valence-corrected chi connectivity index (χ0v) is 21.1. The normalized spacial score (nSPS) is 15.7. The zero-order chi connectivity index (χ0) is 25.7. The van der Waals surface area contributed by atoms with E-state index in [0.29, 0.717) is 30.7 Å². The number of amides is 2. The van der Waals surface area contributed by atoms with Gasteiger partial charge in [0.25, 0.3) is 5.91 Å². The predicted molar refractivity (Wildman–Crippen MR) is 138 cm³/mol. The van der Waals surface area contributed by atoms with E-state index >= 15 is 0 Å². The number of aryl methyl sites for hydroxylation is 1. The molecule has 6 heteroatoms. The molecule has 0 bridgehead atoms. The van der Waals surface area contributed by atoms with E-state index in [0.717, 1.165) is 23.1 Å². The predicted octanol–water partition coefficient (Wildman–Crippen LogP) is 5.49. The lowest BCUT2D eigenvalue weighted by atomic mass is 9.87. The average molecular weight is 489 g/mol. The molecule has 1 aliphatic rings. The van der Waals surface area contributed by atoms with Crippen molar-refractivity contribution in [2.75, 3.05) is 6.54 Å². The number of halogens is 1. The van der Waals surface area contributed by atoms with Crippen molar-refractivity contribution in [3.8, 4) is 5.75 Å². The number of carbonyl (C=O) groups is 2. The van der Waals surface area contributed by atoms with Crippen molar-refractivity contribution in [1.82, 2.24) is 10.2 Å². The Morgan fingerprint density at radius 3 is 2.61 bits per heavy atom. The molecule has 5 nitrogen and oxygen atoms in total. The first-order valence-corrected chi connectivity index (χ1v) is 12.6. The Morgan fingerprint density at radius 1 is 1.08 bits per heavy atom. The molecule has 0 saturated carbocycles. The first kappa shape index (κ1) is 25.4. The summed E-state index contributed by atoms with van der Waals surface area (Å²) in [6, 6.07) is 20.1. The van der Waals surface area contributed by atoms with Crippen molar-refractivity contribution in [1.29, 1.82) is 0 Å². The van der Waals surface area contributed by atoms with Gasteiger partial charge in [0.15, 0.2) is 6.10 Å². The van der Waals surface area contributed by atoms with Gasteiger partial charge in [-0.3, -0.25) is 9.59 Å². The Hall–Kier alpha value is -3.67. The summed E-state index contributed by atoms with van der Waals surface area (Å²) in [4.78, 5) is 27.7. The van der Waals surface area contributed by atoms with Crippen LogP contribution in [0.3, 0.4) is 0 Å². The van der Waals surface area contributed by atoms with Crippen LogP contribution in [0.5, 0.6) is 5.75 Å². The first-order chi connectivity index (χ1) is 17.4. The Morgan fingerprint density at radius 2 is 1.89 bits per heavy atom. The Kier molecular flexibility index (Phi) is 8.04. The molecule has 0 aromatic heterocycles.